The molecular formula is C17H16Cl2N2O2. The Labute approximate surface area is 145 Å². The molecule has 0 saturated heterocycles. The van der Waals surface area contributed by atoms with E-state index < -0.39 is 0 Å². The molecule has 2 rings (SSSR count). The van der Waals surface area contributed by atoms with Crippen LogP contribution in [0.2, 0.25) is 10.0 Å². The number of hydrogen-bond acceptors (Lipinski definition) is 3. The molecule has 2 aromatic carbocycles. The molecule has 0 radical (unpaired) electrons. The van der Waals surface area contributed by atoms with E-state index in [-0.39, 0.29) is 12.5 Å². The molecule has 0 bridgehead atoms. The van der Waals surface area contributed by atoms with Gasteiger partial charge in [0.05, 0.1) is 5.71 Å². The Morgan fingerprint density at radius 2 is 1.61 bits per heavy atom. The topological polar surface area (TPSA) is 50.7 Å². The number of ether oxygens (including phenoxy) is 1. The van der Waals surface area contributed by atoms with Gasteiger partial charge in [0.2, 0.25) is 0 Å². The van der Waals surface area contributed by atoms with Crippen LogP contribution in [-0.2, 0) is 4.79 Å². The summed E-state index contributed by atoms with van der Waals surface area (Å²) in [4.78, 5) is 11.8. The number of hydrogen-bond donors (Lipinski definition) is 1. The molecule has 0 aliphatic rings. The van der Waals surface area contributed by atoms with Crippen LogP contribution in [-0.4, -0.2) is 18.2 Å². The van der Waals surface area contributed by atoms with Crippen molar-refractivity contribution in [3.8, 4) is 5.75 Å². The first-order valence-corrected chi connectivity index (χ1v) is 7.83. The molecule has 0 aliphatic heterocycles. The summed E-state index contributed by atoms with van der Waals surface area (Å²) in [6.07, 6.45) is 0.681. The van der Waals surface area contributed by atoms with Crippen molar-refractivity contribution >= 4 is 34.8 Å². The SMILES string of the molecule is CCC(=NNC(=O)COc1ccc(Cl)cc1)c1ccc(Cl)cc1. The van der Waals surface area contributed by atoms with E-state index in [9.17, 15) is 4.79 Å². The Hall–Kier alpha value is -2.04. The molecule has 120 valence electrons. The fraction of sp³-hybridized carbons (Fsp3) is 0.176. The first-order valence-electron chi connectivity index (χ1n) is 7.08. The van der Waals surface area contributed by atoms with Crippen LogP contribution in [0.1, 0.15) is 18.9 Å². The zero-order valence-electron chi connectivity index (χ0n) is 12.6. The van der Waals surface area contributed by atoms with Crippen LogP contribution in [0.4, 0.5) is 0 Å². The van der Waals surface area contributed by atoms with Crippen molar-refractivity contribution in [2.75, 3.05) is 6.61 Å². The molecule has 2 aromatic rings. The fourth-order valence-corrected chi connectivity index (χ4v) is 2.08. The predicted molar refractivity (Wildman–Crippen MR) is 93.4 cm³/mol. The summed E-state index contributed by atoms with van der Waals surface area (Å²) >= 11 is 11.6. The standard InChI is InChI=1S/C17H16Cl2N2O2/c1-2-16(12-3-5-13(18)6-4-12)20-21-17(22)11-23-15-9-7-14(19)8-10-15/h3-10H,2,11H2,1H3,(H,21,22). The van der Waals surface area contributed by atoms with Crippen molar-refractivity contribution in [2.24, 2.45) is 5.10 Å². The van der Waals surface area contributed by atoms with Crippen LogP contribution in [0.3, 0.4) is 0 Å². The number of carbonyl (C=O) groups excluding carboxylic acids is 1. The van der Waals surface area contributed by atoms with E-state index in [2.05, 4.69) is 10.5 Å². The Morgan fingerprint density at radius 1 is 1.04 bits per heavy atom. The molecule has 0 spiro atoms. The van der Waals surface area contributed by atoms with E-state index in [1.807, 2.05) is 19.1 Å². The lowest BCUT2D eigenvalue weighted by atomic mass is 10.1. The Morgan fingerprint density at radius 3 is 2.17 bits per heavy atom. The quantitative estimate of drug-likeness (QED) is 0.623. The summed E-state index contributed by atoms with van der Waals surface area (Å²) in [6, 6.07) is 14.1. The monoisotopic (exact) mass is 350 g/mol. The number of amides is 1. The number of nitrogens with zero attached hydrogens (tertiary/aromatic N) is 1. The highest BCUT2D eigenvalue weighted by atomic mass is 35.5. The second kappa shape index (κ2) is 8.56. The van der Waals surface area contributed by atoms with E-state index in [0.29, 0.717) is 22.2 Å². The fourth-order valence-electron chi connectivity index (χ4n) is 1.83. The van der Waals surface area contributed by atoms with E-state index in [4.69, 9.17) is 27.9 Å². The van der Waals surface area contributed by atoms with E-state index in [1.54, 1.807) is 36.4 Å². The highest BCUT2D eigenvalue weighted by Gasteiger charge is 2.05. The van der Waals surface area contributed by atoms with E-state index >= 15 is 0 Å². The van der Waals surface area contributed by atoms with Gasteiger partial charge in [0.25, 0.3) is 5.91 Å². The molecule has 0 fully saturated rings. The lowest BCUT2D eigenvalue weighted by Gasteiger charge is -2.07. The first-order chi connectivity index (χ1) is 11.1. The smallest absolute Gasteiger partial charge is 0.277 e. The van der Waals surface area contributed by atoms with Gasteiger partial charge in [-0.3, -0.25) is 4.79 Å². The second-order valence-corrected chi connectivity index (χ2v) is 5.57. The molecule has 23 heavy (non-hydrogen) atoms. The van der Waals surface area contributed by atoms with Gasteiger partial charge >= 0.3 is 0 Å². The number of benzene rings is 2. The summed E-state index contributed by atoms with van der Waals surface area (Å²) in [5.41, 5.74) is 4.17. The van der Waals surface area contributed by atoms with Gasteiger partial charge in [-0.25, -0.2) is 5.43 Å². The molecule has 6 heteroatoms. The average molecular weight is 351 g/mol. The number of nitrogens with one attached hydrogen (secondary N) is 1. The van der Waals surface area contributed by atoms with Crippen LogP contribution in [0.5, 0.6) is 5.75 Å². The molecular weight excluding hydrogens is 335 g/mol. The summed E-state index contributed by atoms with van der Waals surface area (Å²) in [5, 5.41) is 5.41. The maximum atomic E-state index is 11.8. The molecule has 1 N–H and O–H groups in total. The maximum Gasteiger partial charge on any atom is 0.277 e. The zero-order valence-corrected chi connectivity index (χ0v) is 14.1. The number of carbonyl (C=O) groups is 1. The zero-order chi connectivity index (χ0) is 16.7. The van der Waals surface area contributed by atoms with Crippen LogP contribution in [0.15, 0.2) is 53.6 Å². The van der Waals surface area contributed by atoms with Gasteiger partial charge in [-0.05, 0) is 48.4 Å². The largest absolute Gasteiger partial charge is 0.484 e. The summed E-state index contributed by atoms with van der Waals surface area (Å²) in [5.74, 6) is 0.238. The normalized spacial score (nSPS) is 11.2. The lowest BCUT2D eigenvalue weighted by Crippen LogP contribution is -2.26. The van der Waals surface area contributed by atoms with Crippen molar-refractivity contribution in [1.82, 2.24) is 5.43 Å². The van der Waals surface area contributed by atoms with Gasteiger partial charge in [-0.1, -0.05) is 42.3 Å². The molecule has 0 heterocycles. The summed E-state index contributed by atoms with van der Waals surface area (Å²) < 4.78 is 5.35. The van der Waals surface area contributed by atoms with Crippen molar-refractivity contribution in [3.63, 3.8) is 0 Å². The van der Waals surface area contributed by atoms with Crippen LogP contribution >= 0.6 is 23.2 Å². The molecule has 0 saturated carbocycles. The van der Waals surface area contributed by atoms with E-state index in [1.165, 1.54) is 0 Å². The van der Waals surface area contributed by atoms with Crippen LogP contribution in [0.25, 0.3) is 0 Å². The van der Waals surface area contributed by atoms with Crippen LogP contribution < -0.4 is 10.2 Å². The third-order valence-corrected chi connectivity index (χ3v) is 3.52. The molecule has 0 unspecified atom stereocenters. The van der Waals surface area contributed by atoms with Crippen molar-refractivity contribution < 1.29 is 9.53 Å². The molecule has 1 amide bonds. The third kappa shape index (κ3) is 5.58. The number of rotatable bonds is 6. The van der Waals surface area contributed by atoms with Gasteiger partial charge in [0, 0.05) is 10.0 Å². The molecule has 4 nitrogen and oxygen atoms in total. The average Bonchev–Trinajstić information content (AvgIpc) is 2.56. The van der Waals surface area contributed by atoms with Crippen LogP contribution in [0, 0.1) is 0 Å². The third-order valence-electron chi connectivity index (χ3n) is 3.01. The Kier molecular flexibility index (Phi) is 6.44. The second-order valence-electron chi connectivity index (χ2n) is 4.70. The van der Waals surface area contributed by atoms with E-state index in [0.717, 1.165) is 11.3 Å². The number of hydrazone groups is 1. The predicted octanol–water partition coefficient (Wildman–Crippen LogP) is 4.30. The van der Waals surface area contributed by atoms with Gasteiger partial charge in [-0.2, -0.15) is 5.10 Å². The minimum Gasteiger partial charge on any atom is -0.484 e. The number of halogens is 2. The van der Waals surface area contributed by atoms with Gasteiger partial charge in [0.15, 0.2) is 6.61 Å². The van der Waals surface area contributed by atoms with Gasteiger partial charge in [-0.15, -0.1) is 0 Å². The molecule has 0 aromatic heterocycles. The lowest BCUT2D eigenvalue weighted by molar-refractivity contribution is -0.123. The van der Waals surface area contributed by atoms with Crippen molar-refractivity contribution in [3.05, 3.63) is 64.1 Å². The highest BCUT2D eigenvalue weighted by Crippen LogP contribution is 2.15. The minimum absolute atomic E-state index is 0.122. The molecule has 0 atom stereocenters. The molecule has 0 aliphatic carbocycles. The van der Waals surface area contributed by atoms with Gasteiger partial charge in [0.1, 0.15) is 5.75 Å². The Balaban J connectivity index is 1.90. The Bertz CT molecular complexity index is 683. The minimum atomic E-state index is -0.333. The maximum absolute atomic E-state index is 11.8. The highest BCUT2D eigenvalue weighted by molar-refractivity contribution is 6.30. The van der Waals surface area contributed by atoms with Gasteiger partial charge < -0.3 is 4.74 Å². The summed E-state index contributed by atoms with van der Waals surface area (Å²) in [7, 11) is 0. The summed E-state index contributed by atoms with van der Waals surface area (Å²) in [6.45, 7) is 1.84. The van der Waals surface area contributed by atoms with Crippen molar-refractivity contribution in [2.45, 2.75) is 13.3 Å². The van der Waals surface area contributed by atoms with Crippen molar-refractivity contribution in [1.29, 1.82) is 0 Å². The first kappa shape index (κ1) is 17.3.